The van der Waals surface area contributed by atoms with Crippen molar-refractivity contribution >= 4 is 17.4 Å². The smallest absolute Gasteiger partial charge is 0.224 e. The van der Waals surface area contributed by atoms with Gasteiger partial charge in [-0.2, -0.15) is 4.98 Å². The van der Waals surface area contributed by atoms with Crippen LogP contribution in [0.4, 0.5) is 5.82 Å². The fourth-order valence-electron chi connectivity index (χ4n) is 1.23. The van der Waals surface area contributed by atoms with Crippen molar-refractivity contribution in [2.45, 2.75) is 0 Å². The molecule has 0 bridgehead atoms. The molecule has 69 valence electrons. The molecule has 0 amide bonds. The maximum Gasteiger partial charge on any atom is 0.224 e. The van der Waals surface area contributed by atoms with E-state index in [1.807, 2.05) is 0 Å². The lowest BCUT2D eigenvalue weighted by molar-refractivity contribution is 0.122. The highest BCUT2D eigenvalue weighted by molar-refractivity contribution is 6.28. The van der Waals surface area contributed by atoms with Crippen LogP contribution in [0.15, 0.2) is 6.20 Å². The average Bonchev–Trinajstić information content (AvgIpc) is 2.19. The van der Waals surface area contributed by atoms with E-state index in [1.54, 1.807) is 6.20 Å². The van der Waals surface area contributed by atoms with Crippen molar-refractivity contribution in [3.05, 3.63) is 17.5 Å². The fourth-order valence-corrected chi connectivity index (χ4v) is 1.36. The van der Waals surface area contributed by atoms with Gasteiger partial charge in [0, 0.05) is 25.4 Å². The Kier molecular flexibility index (Phi) is 2.61. The summed E-state index contributed by atoms with van der Waals surface area (Å²) in [5.41, 5.74) is 0. The van der Waals surface area contributed by atoms with Gasteiger partial charge in [-0.1, -0.05) is 0 Å². The molecule has 0 spiro atoms. The van der Waals surface area contributed by atoms with E-state index in [4.69, 9.17) is 16.3 Å². The molecule has 1 aliphatic rings. The Morgan fingerprint density at radius 2 is 2.23 bits per heavy atom. The summed E-state index contributed by atoms with van der Waals surface area (Å²) in [7, 11) is 0. The van der Waals surface area contributed by atoms with Crippen LogP contribution in [0.1, 0.15) is 0 Å². The fraction of sp³-hybridized carbons (Fsp3) is 0.500. The predicted molar refractivity (Wildman–Crippen MR) is 48.9 cm³/mol. The number of anilines is 1. The average molecular weight is 199 g/mol. The van der Waals surface area contributed by atoms with Crippen molar-refractivity contribution in [3.8, 4) is 0 Å². The molecule has 1 radical (unpaired) electrons. The Labute approximate surface area is 81.5 Å². The molecule has 2 rings (SSSR count). The first-order chi connectivity index (χ1) is 6.36. The Balaban J connectivity index is 2.14. The zero-order valence-electron chi connectivity index (χ0n) is 7.03. The van der Waals surface area contributed by atoms with Gasteiger partial charge in [0.05, 0.1) is 13.2 Å². The Morgan fingerprint density at radius 3 is 2.92 bits per heavy atom. The number of ether oxygens (including phenoxy) is 1. The Hall–Kier alpha value is -0.870. The molecule has 0 saturated carbocycles. The normalized spacial score (nSPS) is 17.5. The van der Waals surface area contributed by atoms with Crippen molar-refractivity contribution in [1.82, 2.24) is 9.97 Å². The van der Waals surface area contributed by atoms with Crippen LogP contribution in [0.5, 0.6) is 0 Å². The number of hydrogen-bond acceptors (Lipinski definition) is 4. The van der Waals surface area contributed by atoms with Crippen molar-refractivity contribution in [1.29, 1.82) is 0 Å². The van der Waals surface area contributed by atoms with Crippen LogP contribution in [-0.4, -0.2) is 36.3 Å². The van der Waals surface area contributed by atoms with E-state index in [2.05, 4.69) is 20.9 Å². The quantitative estimate of drug-likeness (QED) is 0.625. The molecule has 2 heterocycles. The summed E-state index contributed by atoms with van der Waals surface area (Å²) >= 11 is 5.66. The molecule has 1 aromatic rings. The van der Waals surface area contributed by atoms with E-state index < -0.39 is 0 Å². The maximum atomic E-state index is 5.66. The van der Waals surface area contributed by atoms with Gasteiger partial charge in [-0.05, 0) is 11.6 Å². The highest BCUT2D eigenvalue weighted by Crippen LogP contribution is 2.12. The van der Waals surface area contributed by atoms with Gasteiger partial charge in [0.1, 0.15) is 5.82 Å². The molecule has 1 saturated heterocycles. The number of halogens is 1. The molecule has 0 aliphatic carbocycles. The van der Waals surface area contributed by atoms with Crippen LogP contribution in [0.3, 0.4) is 0 Å². The predicted octanol–water partition coefficient (Wildman–Crippen LogP) is 0.767. The summed E-state index contributed by atoms with van der Waals surface area (Å²) in [6.07, 6.45) is 1.54. The van der Waals surface area contributed by atoms with Gasteiger partial charge in [0.15, 0.2) is 0 Å². The number of morpholine rings is 1. The SMILES string of the molecule is Clc1nc[c]c(N2CCOCC2)n1. The lowest BCUT2D eigenvalue weighted by atomic mass is 10.4. The van der Waals surface area contributed by atoms with E-state index in [1.165, 1.54) is 0 Å². The third-order valence-corrected chi connectivity index (χ3v) is 2.06. The van der Waals surface area contributed by atoms with Crippen molar-refractivity contribution in [2.75, 3.05) is 31.2 Å². The van der Waals surface area contributed by atoms with E-state index in [9.17, 15) is 0 Å². The van der Waals surface area contributed by atoms with Gasteiger partial charge in [0.25, 0.3) is 0 Å². The van der Waals surface area contributed by atoms with Gasteiger partial charge < -0.3 is 9.64 Å². The molecule has 0 N–H and O–H groups in total. The second-order valence-corrected chi connectivity index (χ2v) is 3.04. The number of aromatic nitrogens is 2. The van der Waals surface area contributed by atoms with Gasteiger partial charge >= 0.3 is 0 Å². The molecule has 4 nitrogen and oxygen atoms in total. The minimum Gasteiger partial charge on any atom is -0.378 e. The van der Waals surface area contributed by atoms with Crippen molar-refractivity contribution in [2.24, 2.45) is 0 Å². The maximum absolute atomic E-state index is 5.66. The molecule has 1 aromatic heterocycles. The summed E-state index contributed by atoms with van der Waals surface area (Å²) in [5, 5.41) is 0.264. The molecule has 0 aromatic carbocycles. The second kappa shape index (κ2) is 3.89. The van der Waals surface area contributed by atoms with E-state index in [-0.39, 0.29) is 5.28 Å². The van der Waals surface area contributed by atoms with Crippen LogP contribution < -0.4 is 4.90 Å². The van der Waals surface area contributed by atoms with E-state index >= 15 is 0 Å². The first kappa shape index (κ1) is 8.72. The lowest BCUT2D eigenvalue weighted by Crippen LogP contribution is -2.36. The Morgan fingerprint density at radius 1 is 1.46 bits per heavy atom. The largest absolute Gasteiger partial charge is 0.378 e. The summed E-state index contributed by atoms with van der Waals surface area (Å²) in [6, 6.07) is 2.94. The van der Waals surface area contributed by atoms with Crippen LogP contribution in [0.25, 0.3) is 0 Å². The third-order valence-electron chi connectivity index (χ3n) is 1.87. The monoisotopic (exact) mass is 198 g/mol. The summed E-state index contributed by atoms with van der Waals surface area (Å²) in [4.78, 5) is 9.92. The summed E-state index contributed by atoms with van der Waals surface area (Å²) < 4.78 is 5.22. The van der Waals surface area contributed by atoms with Crippen LogP contribution in [0.2, 0.25) is 5.28 Å². The second-order valence-electron chi connectivity index (χ2n) is 2.71. The first-order valence-corrected chi connectivity index (χ1v) is 4.47. The highest BCUT2D eigenvalue weighted by Gasteiger charge is 2.12. The van der Waals surface area contributed by atoms with Crippen molar-refractivity contribution < 1.29 is 4.74 Å². The first-order valence-electron chi connectivity index (χ1n) is 4.09. The molecule has 1 fully saturated rings. The standard InChI is InChI=1S/C8H9ClN3O/c9-8-10-2-1-7(11-8)12-3-5-13-6-4-12/h2H,3-6H2. The summed E-state index contributed by atoms with van der Waals surface area (Å²) in [5.74, 6) is 0.753. The highest BCUT2D eigenvalue weighted by atomic mass is 35.5. The topological polar surface area (TPSA) is 38.2 Å². The zero-order chi connectivity index (χ0) is 9.10. The van der Waals surface area contributed by atoms with Gasteiger partial charge in [-0.25, -0.2) is 4.98 Å². The molecule has 13 heavy (non-hydrogen) atoms. The molecular formula is C8H9ClN3O. The third kappa shape index (κ3) is 2.08. The summed E-state index contributed by atoms with van der Waals surface area (Å²) in [6.45, 7) is 3.14. The number of rotatable bonds is 1. The van der Waals surface area contributed by atoms with Crippen LogP contribution in [-0.2, 0) is 4.74 Å². The minimum atomic E-state index is 0.264. The molecule has 0 atom stereocenters. The van der Waals surface area contributed by atoms with Crippen LogP contribution in [0, 0.1) is 6.07 Å². The number of nitrogens with zero attached hydrogens (tertiary/aromatic N) is 3. The van der Waals surface area contributed by atoms with E-state index in [0.717, 1.165) is 32.1 Å². The van der Waals surface area contributed by atoms with Gasteiger partial charge in [-0.15, -0.1) is 0 Å². The van der Waals surface area contributed by atoms with Gasteiger partial charge in [0.2, 0.25) is 5.28 Å². The molecular weight excluding hydrogens is 190 g/mol. The minimum absolute atomic E-state index is 0.264. The Bertz CT molecular complexity index is 288. The van der Waals surface area contributed by atoms with Crippen LogP contribution >= 0.6 is 11.6 Å². The van der Waals surface area contributed by atoms with Crippen molar-refractivity contribution in [3.63, 3.8) is 0 Å². The van der Waals surface area contributed by atoms with E-state index in [0.29, 0.717) is 0 Å². The molecule has 5 heteroatoms. The molecule has 1 aliphatic heterocycles. The lowest BCUT2D eigenvalue weighted by Gasteiger charge is -2.27. The molecule has 0 unspecified atom stereocenters. The zero-order valence-corrected chi connectivity index (χ0v) is 7.79. The number of hydrogen-bond donors (Lipinski definition) is 0. The van der Waals surface area contributed by atoms with Gasteiger partial charge in [-0.3, -0.25) is 0 Å².